The molecule has 1 N–H and O–H groups in total. The lowest BCUT2D eigenvalue weighted by molar-refractivity contribution is -0.120. The minimum absolute atomic E-state index is 0.260. The van der Waals surface area contributed by atoms with Crippen LogP contribution in [0.2, 0.25) is 0 Å². The molecule has 5 heteroatoms. The molecule has 0 saturated heterocycles. The van der Waals surface area contributed by atoms with E-state index in [1.54, 1.807) is 0 Å². The summed E-state index contributed by atoms with van der Waals surface area (Å²) in [6, 6.07) is 4.28. The maximum Gasteiger partial charge on any atom is 0.341 e. The topological polar surface area (TPSA) is 72.8 Å². The maximum absolute atomic E-state index is 11.1. The minimum atomic E-state index is -1.27. The van der Waals surface area contributed by atoms with Gasteiger partial charge in [-0.1, -0.05) is 0 Å². The number of hydrogen-bond donors (Lipinski definition) is 1. The summed E-state index contributed by atoms with van der Waals surface area (Å²) in [6.07, 6.45) is -1.27. The van der Waals surface area contributed by atoms with Crippen molar-refractivity contribution in [3.63, 3.8) is 0 Å². The Labute approximate surface area is 78.9 Å². The van der Waals surface area contributed by atoms with Gasteiger partial charge in [-0.3, -0.25) is 4.79 Å². The molecule has 1 atom stereocenters. The molecule has 0 aliphatic carbocycles. The second-order valence-corrected chi connectivity index (χ2v) is 2.72. The highest BCUT2D eigenvalue weighted by atomic mass is 16.6. The van der Waals surface area contributed by atoms with Gasteiger partial charge in [0.25, 0.3) is 6.47 Å². The first-order valence-electron chi connectivity index (χ1n) is 3.85. The van der Waals surface area contributed by atoms with Gasteiger partial charge in [0.2, 0.25) is 6.29 Å². The smallest absolute Gasteiger partial charge is 0.341 e. The van der Waals surface area contributed by atoms with E-state index in [-0.39, 0.29) is 17.8 Å². The maximum atomic E-state index is 11.1. The Morgan fingerprint density at radius 1 is 1.50 bits per heavy atom. The lowest BCUT2D eigenvalue weighted by atomic mass is 10.1. The largest absolute Gasteiger partial charge is 0.429 e. The lowest BCUT2D eigenvalue weighted by Gasteiger charge is -2.02. The van der Waals surface area contributed by atoms with Crippen molar-refractivity contribution in [2.45, 2.75) is 6.29 Å². The Morgan fingerprint density at radius 3 is 3.00 bits per heavy atom. The summed E-state index contributed by atoms with van der Waals surface area (Å²) in [4.78, 5) is 21.1. The van der Waals surface area contributed by atoms with Crippen LogP contribution in [0.25, 0.3) is 0 Å². The SMILES string of the molecule is O=COc1ccc2c(c1)C(O)OC2=O. The molecule has 1 heterocycles. The summed E-state index contributed by atoms with van der Waals surface area (Å²) in [6.45, 7) is 0.270. The molecule has 0 bridgehead atoms. The molecule has 1 aromatic carbocycles. The fourth-order valence-electron chi connectivity index (χ4n) is 1.29. The van der Waals surface area contributed by atoms with Crippen molar-refractivity contribution in [1.82, 2.24) is 0 Å². The summed E-state index contributed by atoms with van der Waals surface area (Å²) in [5.74, 6) is -0.318. The van der Waals surface area contributed by atoms with E-state index in [9.17, 15) is 14.7 Å². The predicted molar refractivity (Wildman–Crippen MR) is 43.5 cm³/mol. The number of carbonyl (C=O) groups excluding carboxylic acids is 2. The van der Waals surface area contributed by atoms with Gasteiger partial charge in [0, 0.05) is 5.56 Å². The van der Waals surface area contributed by atoms with Gasteiger partial charge in [0.05, 0.1) is 5.56 Å². The molecule has 2 rings (SSSR count). The van der Waals surface area contributed by atoms with Crippen molar-refractivity contribution >= 4 is 12.4 Å². The third kappa shape index (κ3) is 1.23. The Hall–Kier alpha value is -1.88. The molecule has 14 heavy (non-hydrogen) atoms. The van der Waals surface area contributed by atoms with Gasteiger partial charge in [0.15, 0.2) is 0 Å². The van der Waals surface area contributed by atoms with Crippen LogP contribution >= 0.6 is 0 Å². The highest BCUT2D eigenvalue weighted by Gasteiger charge is 2.29. The average molecular weight is 194 g/mol. The van der Waals surface area contributed by atoms with Crippen molar-refractivity contribution < 1.29 is 24.2 Å². The number of carbonyl (C=O) groups is 2. The summed E-state index contributed by atoms with van der Waals surface area (Å²) in [7, 11) is 0. The Kier molecular flexibility index (Phi) is 1.94. The Balaban J connectivity index is 2.44. The molecule has 1 aromatic rings. The number of aliphatic hydroxyl groups is 1. The van der Waals surface area contributed by atoms with Crippen LogP contribution in [-0.4, -0.2) is 17.5 Å². The summed E-state index contributed by atoms with van der Waals surface area (Å²) in [5, 5.41) is 9.26. The molecular formula is C9H6O5. The van der Waals surface area contributed by atoms with Crippen LogP contribution in [0.3, 0.4) is 0 Å². The minimum Gasteiger partial charge on any atom is -0.429 e. The number of esters is 1. The fraction of sp³-hybridized carbons (Fsp3) is 0.111. The molecule has 1 unspecified atom stereocenters. The Bertz CT molecular complexity index is 398. The molecule has 1 aliphatic heterocycles. The molecular weight excluding hydrogens is 188 g/mol. The number of aliphatic hydroxyl groups excluding tert-OH is 1. The zero-order valence-electron chi connectivity index (χ0n) is 6.97. The van der Waals surface area contributed by atoms with Crippen molar-refractivity contribution in [2.24, 2.45) is 0 Å². The molecule has 0 fully saturated rings. The molecule has 0 spiro atoms. The van der Waals surface area contributed by atoms with Crippen LogP contribution in [-0.2, 0) is 9.53 Å². The van der Waals surface area contributed by atoms with Gasteiger partial charge in [-0.25, -0.2) is 4.79 Å². The molecule has 0 amide bonds. The quantitative estimate of drug-likeness (QED) is 0.544. The van der Waals surface area contributed by atoms with Gasteiger partial charge >= 0.3 is 5.97 Å². The number of fused-ring (bicyclic) bond motifs is 1. The molecule has 72 valence electrons. The zero-order chi connectivity index (χ0) is 10.1. The van der Waals surface area contributed by atoms with Crippen LogP contribution in [0.15, 0.2) is 18.2 Å². The van der Waals surface area contributed by atoms with E-state index in [4.69, 9.17) is 0 Å². The first kappa shape index (κ1) is 8.71. The fourth-order valence-corrected chi connectivity index (χ4v) is 1.29. The van der Waals surface area contributed by atoms with Gasteiger partial charge in [-0.15, -0.1) is 0 Å². The van der Waals surface area contributed by atoms with Gasteiger partial charge in [-0.2, -0.15) is 0 Å². The van der Waals surface area contributed by atoms with Crippen molar-refractivity contribution in [3.8, 4) is 5.75 Å². The standard InChI is InChI=1S/C9H6O5/c10-4-13-5-1-2-6-7(3-5)9(12)14-8(6)11/h1-4,9,12H. The van der Waals surface area contributed by atoms with Gasteiger partial charge < -0.3 is 14.6 Å². The van der Waals surface area contributed by atoms with Crippen LogP contribution in [0.1, 0.15) is 22.2 Å². The second kappa shape index (κ2) is 3.12. The summed E-state index contributed by atoms with van der Waals surface area (Å²) >= 11 is 0. The van der Waals surface area contributed by atoms with Crippen molar-refractivity contribution in [2.75, 3.05) is 0 Å². The van der Waals surface area contributed by atoms with Crippen LogP contribution in [0, 0.1) is 0 Å². The van der Waals surface area contributed by atoms with Gasteiger partial charge in [-0.05, 0) is 18.2 Å². The summed E-state index contributed by atoms with van der Waals surface area (Å²) in [5.41, 5.74) is 0.602. The van der Waals surface area contributed by atoms with Crippen molar-refractivity contribution in [1.29, 1.82) is 0 Å². The van der Waals surface area contributed by atoms with Crippen LogP contribution < -0.4 is 4.74 Å². The highest BCUT2D eigenvalue weighted by molar-refractivity contribution is 5.94. The van der Waals surface area contributed by atoms with Crippen molar-refractivity contribution in [3.05, 3.63) is 29.3 Å². The molecule has 0 saturated carbocycles. The van der Waals surface area contributed by atoms with Crippen LogP contribution in [0.5, 0.6) is 5.75 Å². The molecule has 0 aromatic heterocycles. The van der Waals surface area contributed by atoms with E-state index in [2.05, 4.69) is 9.47 Å². The summed E-state index contributed by atoms with van der Waals surface area (Å²) < 4.78 is 9.09. The first-order valence-corrected chi connectivity index (χ1v) is 3.85. The van der Waals surface area contributed by atoms with E-state index in [1.807, 2.05) is 0 Å². The van der Waals surface area contributed by atoms with Crippen LogP contribution in [0.4, 0.5) is 0 Å². The highest BCUT2D eigenvalue weighted by Crippen LogP contribution is 2.31. The van der Waals surface area contributed by atoms with Gasteiger partial charge in [0.1, 0.15) is 5.75 Å². The van der Waals surface area contributed by atoms with E-state index >= 15 is 0 Å². The molecule has 5 nitrogen and oxygen atoms in total. The lowest BCUT2D eigenvalue weighted by Crippen LogP contribution is -1.95. The van der Waals surface area contributed by atoms with E-state index < -0.39 is 12.3 Å². The Morgan fingerprint density at radius 2 is 2.29 bits per heavy atom. The normalized spacial score (nSPS) is 18.6. The van der Waals surface area contributed by atoms with E-state index in [1.165, 1.54) is 18.2 Å². The zero-order valence-corrected chi connectivity index (χ0v) is 6.97. The monoisotopic (exact) mass is 194 g/mol. The number of hydrogen-bond acceptors (Lipinski definition) is 5. The molecule has 0 radical (unpaired) electrons. The van der Waals surface area contributed by atoms with E-state index in [0.717, 1.165) is 0 Å². The number of cyclic esters (lactones) is 1. The van der Waals surface area contributed by atoms with E-state index in [0.29, 0.717) is 5.56 Å². The predicted octanol–water partition coefficient (Wildman–Crippen LogP) is 0.383. The third-order valence-electron chi connectivity index (χ3n) is 1.91. The number of ether oxygens (including phenoxy) is 2. The number of rotatable bonds is 2. The third-order valence-corrected chi connectivity index (χ3v) is 1.91. The number of benzene rings is 1. The second-order valence-electron chi connectivity index (χ2n) is 2.72. The average Bonchev–Trinajstić information content (AvgIpc) is 2.43. The molecule has 1 aliphatic rings. The first-order chi connectivity index (χ1) is 6.72.